The van der Waals surface area contributed by atoms with E-state index in [-0.39, 0.29) is 11.8 Å². The van der Waals surface area contributed by atoms with Crippen LogP contribution in [0.4, 0.5) is 0 Å². The van der Waals surface area contributed by atoms with Crippen molar-refractivity contribution in [1.82, 2.24) is 10.3 Å². The van der Waals surface area contributed by atoms with E-state index < -0.39 is 0 Å². The number of fused-ring (bicyclic) bond motifs is 1. The van der Waals surface area contributed by atoms with E-state index in [1.54, 1.807) is 6.92 Å². The van der Waals surface area contributed by atoms with Gasteiger partial charge in [0.25, 0.3) is 0 Å². The van der Waals surface area contributed by atoms with Gasteiger partial charge in [0.2, 0.25) is 0 Å². The Morgan fingerprint density at radius 3 is 2.88 bits per heavy atom. The van der Waals surface area contributed by atoms with Gasteiger partial charge in [-0.25, -0.2) is 0 Å². The van der Waals surface area contributed by atoms with Crippen LogP contribution in [-0.4, -0.2) is 23.9 Å². The summed E-state index contributed by atoms with van der Waals surface area (Å²) in [6, 6.07) is 6.22. The topological polar surface area (TPSA) is 44.9 Å². The number of likely N-dealkylation sites (N-methyl/N-ethyl adjacent to an activating group) is 1. The summed E-state index contributed by atoms with van der Waals surface area (Å²) in [7, 11) is 1.83. The number of aryl methyl sites for hydroxylation is 1. The largest absolute Gasteiger partial charge is 0.361 e. The van der Waals surface area contributed by atoms with Crippen molar-refractivity contribution < 1.29 is 4.79 Å². The van der Waals surface area contributed by atoms with E-state index in [2.05, 4.69) is 35.4 Å². The highest BCUT2D eigenvalue weighted by Crippen LogP contribution is 2.21. The van der Waals surface area contributed by atoms with Crippen molar-refractivity contribution in [1.29, 1.82) is 0 Å². The van der Waals surface area contributed by atoms with E-state index in [9.17, 15) is 4.79 Å². The third-order valence-electron chi connectivity index (χ3n) is 3.19. The van der Waals surface area contributed by atoms with Crippen LogP contribution < -0.4 is 5.32 Å². The van der Waals surface area contributed by atoms with Crippen LogP contribution in [0, 0.1) is 6.92 Å². The van der Waals surface area contributed by atoms with E-state index in [0.29, 0.717) is 0 Å². The van der Waals surface area contributed by atoms with Crippen molar-refractivity contribution in [3.05, 3.63) is 35.5 Å². The third kappa shape index (κ3) is 2.39. The van der Waals surface area contributed by atoms with Crippen LogP contribution in [0.2, 0.25) is 0 Å². The first kappa shape index (κ1) is 11.9. The van der Waals surface area contributed by atoms with Crippen LogP contribution in [0.15, 0.2) is 24.4 Å². The van der Waals surface area contributed by atoms with Crippen molar-refractivity contribution in [3.63, 3.8) is 0 Å². The molecule has 0 saturated heterocycles. The Bertz CT molecular complexity index is 542. The average Bonchev–Trinajstić information content (AvgIpc) is 2.68. The van der Waals surface area contributed by atoms with Gasteiger partial charge < -0.3 is 10.3 Å². The summed E-state index contributed by atoms with van der Waals surface area (Å²) < 4.78 is 0. The second-order valence-corrected chi connectivity index (χ2v) is 4.52. The lowest BCUT2D eigenvalue weighted by atomic mass is 10.0. The molecule has 2 rings (SSSR count). The van der Waals surface area contributed by atoms with Gasteiger partial charge >= 0.3 is 0 Å². The maximum atomic E-state index is 11.4. The molecule has 1 unspecified atom stereocenters. The second kappa shape index (κ2) is 4.72. The van der Waals surface area contributed by atoms with Crippen molar-refractivity contribution in [2.24, 2.45) is 0 Å². The Hall–Kier alpha value is -1.61. The Kier molecular flexibility index (Phi) is 3.29. The molecule has 2 aromatic rings. The number of hydrogen-bond donors (Lipinski definition) is 2. The summed E-state index contributed by atoms with van der Waals surface area (Å²) in [5, 5.41) is 4.27. The summed E-state index contributed by atoms with van der Waals surface area (Å²) >= 11 is 0. The van der Waals surface area contributed by atoms with Gasteiger partial charge in [-0.2, -0.15) is 0 Å². The number of H-pyrrole nitrogens is 1. The molecule has 2 N–H and O–H groups in total. The van der Waals surface area contributed by atoms with Gasteiger partial charge in [0.1, 0.15) is 5.78 Å². The molecule has 3 heteroatoms. The lowest BCUT2D eigenvalue weighted by molar-refractivity contribution is -0.118. The van der Waals surface area contributed by atoms with Crippen molar-refractivity contribution in [3.8, 4) is 0 Å². The van der Waals surface area contributed by atoms with Crippen molar-refractivity contribution in [2.75, 3.05) is 7.05 Å². The number of aromatic nitrogens is 1. The van der Waals surface area contributed by atoms with E-state index in [0.717, 1.165) is 11.9 Å². The van der Waals surface area contributed by atoms with Crippen molar-refractivity contribution in [2.45, 2.75) is 26.3 Å². The fourth-order valence-corrected chi connectivity index (χ4v) is 2.13. The summed E-state index contributed by atoms with van der Waals surface area (Å²) in [5.41, 5.74) is 3.56. The summed E-state index contributed by atoms with van der Waals surface area (Å²) in [6.07, 6.45) is 2.73. The predicted octanol–water partition coefficient (Wildman–Crippen LogP) is 2.20. The van der Waals surface area contributed by atoms with Crippen LogP contribution >= 0.6 is 0 Å². The maximum absolute atomic E-state index is 11.4. The number of aromatic amines is 1. The third-order valence-corrected chi connectivity index (χ3v) is 3.19. The average molecular weight is 230 g/mol. The Balaban J connectivity index is 2.35. The maximum Gasteiger partial charge on any atom is 0.147 e. The highest BCUT2D eigenvalue weighted by molar-refractivity contribution is 5.86. The van der Waals surface area contributed by atoms with Crippen LogP contribution in [0.1, 0.15) is 18.1 Å². The molecule has 0 bridgehead atoms. The molecule has 0 radical (unpaired) electrons. The van der Waals surface area contributed by atoms with Gasteiger partial charge in [-0.15, -0.1) is 0 Å². The van der Waals surface area contributed by atoms with Gasteiger partial charge in [0.05, 0.1) is 6.04 Å². The standard InChI is InChI=1S/C14H18N2O/c1-9-4-5-13-12(6-9)11(8-16-13)7-14(15-3)10(2)17/h4-6,8,14-16H,7H2,1-3H3. The molecule has 1 atom stereocenters. The zero-order chi connectivity index (χ0) is 12.4. The van der Waals surface area contributed by atoms with E-state index >= 15 is 0 Å². The molecule has 17 heavy (non-hydrogen) atoms. The molecule has 1 heterocycles. The SMILES string of the molecule is CNC(Cc1c[nH]c2ccc(C)cc12)C(C)=O. The number of nitrogens with one attached hydrogen (secondary N) is 2. The van der Waals surface area contributed by atoms with Gasteiger partial charge in [-0.05, 0) is 45.0 Å². The number of ketones is 1. The number of carbonyl (C=O) groups is 1. The molecular weight excluding hydrogens is 212 g/mol. The number of hydrogen-bond acceptors (Lipinski definition) is 2. The molecule has 3 nitrogen and oxygen atoms in total. The molecule has 0 spiro atoms. The molecule has 1 aromatic heterocycles. The zero-order valence-corrected chi connectivity index (χ0v) is 10.5. The Labute approximate surface area is 101 Å². The lowest BCUT2D eigenvalue weighted by Gasteiger charge is -2.11. The fraction of sp³-hybridized carbons (Fsp3) is 0.357. The quantitative estimate of drug-likeness (QED) is 0.845. The minimum Gasteiger partial charge on any atom is -0.361 e. The van der Waals surface area contributed by atoms with Gasteiger partial charge in [-0.1, -0.05) is 11.6 Å². The Morgan fingerprint density at radius 1 is 1.47 bits per heavy atom. The van der Waals surface area contributed by atoms with Crippen LogP contribution in [0.25, 0.3) is 10.9 Å². The molecule has 0 saturated carbocycles. The van der Waals surface area contributed by atoms with E-state index in [4.69, 9.17) is 0 Å². The van der Waals surface area contributed by atoms with Gasteiger partial charge in [0.15, 0.2) is 0 Å². The summed E-state index contributed by atoms with van der Waals surface area (Å²) in [4.78, 5) is 14.7. The summed E-state index contributed by atoms with van der Waals surface area (Å²) in [5.74, 6) is 0.175. The monoisotopic (exact) mass is 230 g/mol. The molecule has 0 aliphatic heterocycles. The molecule has 1 aromatic carbocycles. The number of benzene rings is 1. The highest BCUT2D eigenvalue weighted by atomic mass is 16.1. The summed E-state index contributed by atoms with van der Waals surface area (Å²) in [6.45, 7) is 3.71. The minimum absolute atomic E-state index is 0.102. The van der Waals surface area contributed by atoms with Crippen LogP contribution in [0.5, 0.6) is 0 Å². The normalized spacial score (nSPS) is 12.9. The minimum atomic E-state index is -0.102. The Morgan fingerprint density at radius 2 is 2.24 bits per heavy atom. The predicted molar refractivity (Wildman–Crippen MR) is 70.3 cm³/mol. The van der Waals surface area contributed by atoms with E-state index in [1.807, 2.05) is 13.2 Å². The smallest absolute Gasteiger partial charge is 0.147 e. The molecule has 0 aliphatic rings. The first-order valence-corrected chi connectivity index (χ1v) is 5.86. The molecule has 0 fully saturated rings. The van der Waals surface area contributed by atoms with E-state index in [1.165, 1.54) is 16.5 Å². The highest BCUT2D eigenvalue weighted by Gasteiger charge is 2.14. The fourth-order valence-electron chi connectivity index (χ4n) is 2.13. The first-order valence-electron chi connectivity index (χ1n) is 5.86. The lowest BCUT2D eigenvalue weighted by Crippen LogP contribution is -2.34. The number of Topliss-reactive ketones (excluding diaryl/α,β-unsaturated/α-hetero) is 1. The van der Waals surface area contributed by atoms with Gasteiger partial charge in [0, 0.05) is 17.1 Å². The van der Waals surface area contributed by atoms with Gasteiger partial charge in [-0.3, -0.25) is 4.79 Å². The zero-order valence-electron chi connectivity index (χ0n) is 10.5. The van der Waals surface area contributed by atoms with Crippen LogP contribution in [-0.2, 0) is 11.2 Å². The first-order chi connectivity index (χ1) is 8.11. The molecule has 0 aliphatic carbocycles. The molecule has 90 valence electrons. The van der Waals surface area contributed by atoms with Crippen molar-refractivity contribution >= 4 is 16.7 Å². The number of rotatable bonds is 4. The molecule has 0 amide bonds. The molecular formula is C14H18N2O. The number of carbonyl (C=O) groups excluding carboxylic acids is 1. The van der Waals surface area contributed by atoms with Crippen LogP contribution in [0.3, 0.4) is 0 Å². The second-order valence-electron chi connectivity index (χ2n) is 4.52.